The molecule has 0 spiro atoms. The minimum atomic E-state index is -0.887. The van der Waals surface area contributed by atoms with Crippen LogP contribution in [0.3, 0.4) is 0 Å². The topological polar surface area (TPSA) is 93.0 Å². The summed E-state index contributed by atoms with van der Waals surface area (Å²) in [6, 6.07) is -0.506. The highest BCUT2D eigenvalue weighted by Crippen LogP contribution is 2.28. The van der Waals surface area contributed by atoms with Crippen LogP contribution in [0.15, 0.2) is 0 Å². The van der Waals surface area contributed by atoms with E-state index in [2.05, 4.69) is 20.7 Å². The smallest absolute Gasteiger partial charge is 0.246 e. The molecule has 2 atom stereocenters. The van der Waals surface area contributed by atoms with Crippen molar-refractivity contribution in [3.8, 4) is 0 Å². The number of amides is 2. The molecule has 0 aromatic carbocycles. The molecule has 2 heterocycles. The van der Waals surface area contributed by atoms with Crippen LogP contribution < -0.4 is 5.32 Å². The van der Waals surface area contributed by atoms with Gasteiger partial charge in [0.1, 0.15) is 11.6 Å². The van der Waals surface area contributed by atoms with Crippen LogP contribution in [0.25, 0.3) is 0 Å². The molecular formula is C13H22N6O2. The molecule has 0 radical (unpaired) electrons. The van der Waals surface area contributed by atoms with Gasteiger partial charge in [-0.15, -0.1) is 10.2 Å². The van der Waals surface area contributed by atoms with Gasteiger partial charge in [0.15, 0.2) is 5.82 Å². The van der Waals surface area contributed by atoms with E-state index in [-0.39, 0.29) is 24.3 Å². The third-order valence-electron chi connectivity index (χ3n) is 4.11. The number of carbonyl (C=O) groups excluding carboxylic acids is 2. The van der Waals surface area contributed by atoms with Gasteiger partial charge in [-0.1, -0.05) is 20.8 Å². The van der Waals surface area contributed by atoms with Crippen LogP contribution in [0.2, 0.25) is 0 Å². The van der Waals surface area contributed by atoms with E-state index in [4.69, 9.17) is 0 Å². The summed E-state index contributed by atoms with van der Waals surface area (Å²) in [5.74, 6) is 0.233. The molecule has 1 aromatic heterocycles. The molecular weight excluding hydrogens is 272 g/mol. The van der Waals surface area contributed by atoms with E-state index in [0.717, 1.165) is 0 Å². The fourth-order valence-electron chi connectivity index (χ4n) is 2.48. The van der Waals surface area contributed by atoms with Crippen LogP contribution >= 0.6 is 0 Å². The van der Waals surface area contributed by atoms with E-state index in [1.54, 1.807) is 18.9 Å². The van der Waals surface area contributed by atoms with Gasteiger partial charge in [-0.25, -0.2) is 0 Å². The Morgan fingerprint density at radius 2 is 2.05 bits per heavy atom. The zero-order valence-corrected chi connectivity index (χ0v) is 13.1. The van der Waals surface area contributed by atoms with E-state index < -0.39 is 11.6 Å². The first kappa shape index (κ1) is 15.4. The predicted molar refractivity (Wildman–Crippen MR) is 74.8 cm³/mol. The van der Waals surface area contributed by atoms with E-state index in [9.17, 15) is 9.59 Å². The normalized spacial score (nSPS) is 26.4. The first-order chi connectivity index (χ1) is 9.79. The summed E-state index contributed by atoms with van der Waals surface area (Å²) >= 11 is 0. The second kappa shape index (κ2) is 5.42. The molecule has 1 aliphatic heterocycles. The van der Waals surface area contributed by atoms with Crippen LogP contribution in [-0.4, -0.2) is 48.5 Å². The van der Waals surface area contributed by atoms with Crippen molar-refractivity contribution < 1.29 is 9.59 Å². The largest absolute Gasteiger partial charge is 0.342 e. The number of hydrogen-bond donors (Lipinski definition) is 1. The molecule has 2 rings (SSSR count). The molecule has 8 nitrogen and oxygen atoms in total. The molecule has 1 aromatic rings. The number of carbonyl (C=O) groups is 2. The monoisotopic (exact) mass is 294 g/mol. The van der Waals surface area contributed by atoms with Crippen molar-refractivity contribution in [2.75, 3.05) is 0 Å². The third-order valence-corrected chi connectivity index (χ3v) is 4.11. The van der Waals surface area contributed by atoms with Gasteiger partial charge in [-0.3, -0.25) is 9.59 Å². The highest BCUT2D eigenvalue weighted by atomic mass is 16.2. The Hall–Kier alpha value is -1.99. The van der Waals surface area contributed by atoms with Crippen LogP contribution in [0.5, 0.6) is 0 Å². The highest BCUT2D eigenvalue weighted by molar-refractivity contribution is 5.99. The number of hydrogen-bond acceptors (Lipinski definition) is 5. The van der Waals surface area contributed by atoms with Gasteiger partial charge in [0.05, 0.1) is 13.6 Å². The van der Waals surface area contributed by atoms with E-state index in [1.165, 1.54) is 4.80 Å². The van der Waals surface area contributed by atoms with Crippen LogP contribution in [0.1, 0.15) is 39.9 Å². The average Bonchev–Trinajstić information content (AvgIpc) is 2.84. The summed E-state index contributed by atoms with van der Waals surface area (Å²) in [4.78, 5) is 28.1. The van der Waals surface area contributed by atoms with E-state index >= 15 is 0 Å². The molecule has 8 heteroatoms. The molecule has 2 amide bonds. The van der Waals surface area contributed by atoms with Crippen molar-refractivity contribution >= 4 is 11.8 Å². The fourth-order valence-corrected chi connectivity index (χ4v) is 2.48. The molecule has 1 saturated heterocycles. The lowest BCUT2D eigenvalue weighted by atomic mass is 9.88. The number of piperazine rings is 1. The zero-order valence-electron chi connectivity index (χ0n) is 13.1. The first-order valence-corrected chi connectivity index (χ1v) is 7.15. The summed E-state index contributed by atoms with van der Waals surface area (Å²) in [7, 11) is 1.66. The number of nitrogens with one attached hydrogen (secondary N) is 1. The Balaban J connectivity index is 2.34. The molecule has 2 unspecified atom stereocenters. The van der Waals surface area contributed by atoms with Gasteiger partial charge >= 0.3 is 0 Å². The molecule has 0 saturated carbocycles. The summed E-state index contributed by atoms with van der Waals surface area (Å²) in [5, 5.41) is 14.6. The van der Waals surface area contributed by atoms with Crippen molar-refractivity contribution in [1.82, 2.24) is 30.4 Å². The summed E-state index contributed by atoms with van der Waals surface area (Å²) < 4.78 is 0. The summed E-state index contributed by atoms with van der Waals surface area (Å²) in [6.07, 6.45) is 0.523. The van der Waals surface area contributed by atoms with Gasteiger partial charge < -0.3 is 10.2 Å². The van der Waals surface area contributed by atoms with Gasteiger partial charge in [-0.2, -0.15) is 4.80 Å². The Morgan fingerprint density at radius 3 is 2.52 bits per heavy atom. The Labute approximate surface area is 123 Å². The minimum Gasteiger partial charge on any atom is -0.342 e. The number of rotatable bonds is 4. The molecule has 0 aliphatic carbocycles. The molecule has 116 valence electrons. The zero-order chi connectivity index (χ0) is 15.8. The molecule has 1 N–H and O–H groups in total. The lowest BCUT2D eigenvalue weighted by Gasteiger charge is -2.46. The number of nitrogens with zero attached hydrogens (tertiary/aromatic N) is 5. The number of aromatic nitrogens is 4. The SMILES string of the molecule is CCC1(C)C(=O)NC(C(C)C)C(=O)N1Cc1nnn(C)n1. The van der Waals surface area contributed by atoms with Crippen LogP contribution in [0.4, 0.5) is 0 Å². The maximum atomic E-state index is 12.7. The second-order valence-corrected chi connectivity index (χ2v) is 5.94. The predicted octanol–water partition coefficient (Wildman–Crippen LogP) is -0.138. The van der Waals surface area contributed by atoms with Crippen molar-refractivity contribution in [3.63, 3.8) is 0 Å². The Kier molecular flexibility index (Phi) is 3.97. The molecule has 1 fully saturated rings. The van der Waals surface area contributed by atoms with Gasteiger partial charge in [0, 0.05) is 0 Å². The van der Waals surface area contributed by atoms with Crippen molar-refractivity contribution in [2.45, 2.75) is 52.2 Å². The highest BCUT2D eigenvalue weighted by Gasteiger charge is 2.49. The van der Waals surface area contributed by atoms with Gasteiger partial charge in [0.25, 0.3) is 0 Å². The standard InChI is InChI=1S/C13H22N6O2/c1-6-13(4)12(21)14-10(8(2)3)11(20)19(13)7-9-15-17-18(5)16-9/h8,10H,6-7H2,1-5H3,(H,14,21). The lowest BCUT2D eigenvalue weighted by molar-refractivity contribution is -0.159. The lowest BCUT2D eigenvalue weighted by Crippen LogP contribution is -2.70. The summed E-state index contributed by atoms with van der Waals surface area (Å²) in [6.45, 7) is 7.67. The molecule has 0 bridgehead atoms. The number of tetrazole rings is 1. The maximum absolute atomic E-state index is 12.7. The minimum absolute atomic E-state index is 0.0279. The van der Waals surface area contributed by atoms with Crippen LogP contribution in [-0.2, 0) is 23.2 Å². The third kappa shape index (κ3) is 2.62. The van der Waals surface area contributed by atoms with Crippen LogP contribution in [0, 0.1) is 5.92 Å². The average molecular weight is 294 g/mol. The Bertz CT molecular complexity index is 555. The second-order valence-electron chi connectivity index (χ2n) is 5.94. The number of aryl methyl sites for hydroxylation is 1. The first-order valence-electron chi connectivity index (χ1n) is 7.15. The van der Waals surface area contributed by atoms with Crippen molar-refractivity contribution in [2.24, 2.45) is 13.0 Å². The van der Waals surface area contributed by atoms with Gasteiger partial charge in [0.2, 0.25) is 11.8 Å². The molecule has 1 aliphatic rings. The quantitative estimate of drug-likeness (QED) is 0.834. The van der Waals surface area contributed by atoms with Crippen molar-refractivity contribution in [1.29, 1.82) is 0 Å². The Morgan fingerprint density at radius 1 is 1.38 bits per heavy atom. The fraction of sp³-hybridized carbons (Fsp3) is 0.769. The van der Waals surface area contributed by atoms with E-state index in [1.807, 2.05) is 20.8 Å². The maximum Gasteiger partial charge on any atom is 0.246 e. The van der Waals surface area contributed by atoms with Gasteiger partial charge in [-0.05, 0) is 24.5 Å². The van der Waals surface area contributed by atoms with Crippen molar-refractivity contribution in [3.05, 3.63) is 5.82 Å². The van der Waals surface area contributed by atoms with E-state index in [0.29, 0.717) is 12.2 Å². The molecule has 21 heavy (non-hydrogen) atoms. The summed E-state index contributed by atoms with van der Waals surface area (Å²) in [5.41, 5.74) is -0.887.